The SMILES string of the molecule is Cc1ccc2nc(C(C)Cl)n(CC3CCCOC3)c2n1. The topological polar surface area (TPSA) is 39.9 Å². The first kappa shape index (κ1) is 13.8. The first-order chi connectivity index (χ1) is 9.65. The molecule has 2 atom stereocenters. The van der Waals surface area contributed by atoms with Crippen molar-refractivity contribution in [3.05, 3.63) is 23.7 Å². The summed E-state index contributed by atoms with van der Waals surface area (Å²) in [7, 11) is 0. The molecule has 2 aromatic heterocycles. The van der Waals surface area contributed by atoms with Crippen molar-refractivity contribution in [2.75, 3.05) is 13.2 Å². The van der Waals surface area contributed by atoms with Gasteiger partial charge < -0.3 is 9.30 Å². The van der Waals surface area contributed by atoms with E-state index in [1.54, 1.807) is 0 Å². The van der Waals surface area contributed by atoms with Crippen molar-refractivity contribution in [3.63, 3.8) is 0 Å². The van der Waals surface area contributed by atoms with E-state index in [2.05, 4.69) is 14.5 Å². The van der Waals surface area contributed by atoms with Gasteiger partial charge in [0.1, 0.15) is 11.3 Å². The van der Waals surface area contributed by atoms with Crippen LogP contribution in [0.1, 0.15) is 36.7 Å². The van der Waals surface area contributed by atoms with Crippen LogP contribution in [0.2, 0.25) is 0 Å². The van der Waals surface area contributed by atoms with E-state index in [1.165, 1.54) is 6.42 Å². The third-order valence-corrected chi connectivity index (χ3v) is 4.01. The number of hydrogen-bond acceptors (Lipinski definition) is 3. The molecule has 0 aliphatic carbocycles. The van der Waals surface area contributed by atoms with E-state index in [4.69, 9.17) is 16.3 Å². The summed E-state index contributed by atoms with van der Waals surface area (Å²) < 4.78 is 7.76. The monoisotopic (exact) mass is 293 g/mol. The van der Waals surface area contributed by atoms with Crippen molar-refractivity contribution >= 4 is 22.8 Å². The third-order valence-electron chi connectivity index (χ3n) is 3.81. The number of aromatic nitrogens is 3. The lowest BCUT2D eigenvalue weighted by atomic mass is 10.0. The molecular weight excluding hydrogens is 274 g/mol. The maximum atomic E-state index is 6.29. The Morgan fingerprint density at radius 1 is 1.45 bits per heavy atom. The van der Waals surface area contributed by atoms with Gasteiger partial charge in [0, 0.05) is 24.8 Å². The van der Waals surface area contributed by atoms with Crippen LogP contribution in [0.5, 0.6) is 0 Å². The van der Waals surface area contributed by atoms with Crippen LogP contribution in [-0.4, -0.2) is 27.7 Å². The van der Waals surface area contributed by atoms with Crippen molar-refractivity contribution in [2.45, 2.75) is 38.6 Å². The summed E-state index contributed by atoms with van der Waals surface area (Å²) in [5, 5.41) is -0.117. The molecule has 1 aliphatic rings. The molecule has 1 saturated heterocycles. The van der Waals surface area contributed by atoms with Gasteiger partial charge in [-0.15, -0.1) is 11.6 Å². The standard InChI is InChI=1S/C15H20ClN3O/c1-10-5-6-13-15(17-10)19(14(18-13)11(2)16)8-12-4-3-7-20-9-12/h5-6,11-12H,3-4,7-9H2,1-2H3. The van der Waals surface area contributed by atoms with Gasteiger partial charge in [0.15, 0.2) is 5.65 Å². The minimum atomic E-state index is -0.117. The second-order valence-corrected chi connectivity index (χ2v) is 6.23. The lowest BCUT2D eigenvalue weighted by molar-refractivity contribution is 0.0484. The van der Waals surface area contributed by atoms with Gasteiger partial charge >= 0.3 is 0 Å². The molecule has 1 fully saturated rings. The molecule has 0 radical (unpaired) electrons. The fourth-order valence-corrected chi connectivity index (χ4v) is 2.97. The molecule has 3 rings (SSSR count). The molecule has 0 spiro atoms. The molecule has 5 heteroatoms. The molecule has 0 aromatic carbocycles. The van der Waals surface area contributed by atoms with Gasteiger partial charge in [-0.1, -0.05) is 0 Å². The summed E-state index contributed by atoms with van der Waals surface area (Å²) in [4.78, 5) is 9.29. The number of hydrogen-bond donors (Lipinski definition) is 0. The number of rotatable bonds is 3. The number of alkyl halides is 1. The van der Waals surface area contributed by atoms with E-state index < -0.39 is 0 Å². The van der Waals surface area contributed by atoms with Crippen molar-refractivity contribution < 1.29 is 4.74 Å². The van der Waals surface area contributed by atoms with Crippen molar-refractivity contribution in [2.24, 2.45) is 5.92 Å². The zero-order valence-electron chi connectivity index (χ0n) is 12.0. The molecule has 0 saturated carbocycles. The Morgan fingerprint density at radius 3 is 3.00 bits per heavy atom. The summed E-state index contributed by atoms with van der Waals surface area (Å²) >= 11 is 6.29. The summed E-state index contributed by atoms with van der Waals surface area (Å²) in [5.41, 5.74) is 2.88. The van der Waals surface area contributed by atoms with Gasteiger partial charge in [-0.25, -0.2) is 9.97 Å². The number of pyridine rings is 1. The van der Waals surface area contributed by atoms with Gasteiger partial charge in [-0.2, -0.15) is 0 Å². The average Bonchev–Trinajstić information content (AvgIpc) is 2.78. The number of halogens is 1. The van der Waals surface area contributed by atoms with E-state index in [1.807, 2.05) is 26.0 Å². The molecule has 2 unspecified atom stereocenters. The second-order valence-electron chi connectivity index (χ2n) is 5.58. The quantitative estimate of drug-likeness (QED) is 0.814. The number of fused-ring (bicyclic) bond motifs is 1. The summed E-state index contributed by atoms with van der Waals surface area (Å²) in [6, 6.07) is 4.01. The van der Waals surface area contributed by atoms with Crippen LogP contribution >= 0.6 is 11.6 Å². The van der Waals surface area contributed by atoms with Crippen LogP contribution in [0.4, 0.5) is 0 Å². The molecule has 0 amide bonds. The molecule has 1 aliphatic heterocycles. The van der Waals surface area contributed by atoms with Gasteiger partial charge in [0.25, 0.3) is 0 Å². The zero-order chi connectivity index (χ0) is 14.1. The number of aryl methyl sites for hydroxylation is 1. The van der Waals surface area contributed by atoms with E-state index >= 15 is 0 Å². The Balaban J connectivity index is 2.01. The highest BCUT2D eigenvalue weighted by molar-refractivity contribution is 6.20. The maximum Gasteiger partial charge on any atom is 0.160 e. The lowest BCUT2D eigenvalue weighted by Gasteiger charge is -2.23. The van der Waals surface area contributed by atoms with Crippen molar-refractivity contribution in [1.82, 2.24) is 14.5 Å². The van der Waals surface area contributed by atoms with Gasteiger partial charge in [0.2, 0.25) is 0 Å². The highest BCUT2D eigenvalue weighted by Crippen LogP contribution is 2.26. The van der Waals surface area contributed by atoms with E-state index in [0.717, 1.165) is 48.9 Å². The summed E-state index contributed by atoms with van der Waals surface area (Å²) in [6.45, 7) is 6.56. The number of imidazole rings is 1. The lowest BCUT2D eigenvalue weighted by Crippen LogP contribution is -2.23. The van der Waals surface area contributed by atoms with E-state index in [0.29, 0.717) is 5.92 Å². The predicted molar refractivity (Wildman–Crippen MR) is 80.1 cm³/mol. The average molecular weight is 294 g/mol. The molecule has 4 nitrogen and oxygen atoms in total. The molecule has 0 N–H and O–H groups in total. The van der Waals surface area contributed by atoms with Crippen LogP contribution in [0, 0.1) is 12.8 Å². The minimum absolute atomic E-state index is 0.117. The molecular formula is C15H20ClN3O. The molecule has 2 aromatic rings. The number of ether oxygens (including phenoxy) is 1. The maximum absolute atomic E-state index is 6.29. The third kappa shape index (κ3) is 2.67. The fraction of sp³-hybridized carbons (Fsp3) is 0.600. The summed E-state index contributed by atoms with van der Waals surface area (Å²) in [6.07, 6.45) is 2.33. The molecule has 108 valence electrons. The fourth-order valence-electron chi connectivity index (χ4n) is 2.81. The largest absolute Gasteiger partial charge is 0.381 e. The van der Waals surface area contributed by atoms with Gasteiger partial charge in [0.05, 0.1) is 12.0 Å². The Kier molecular flexibility index (Phi) is 3.94. The van der Waals surface area contributed by atoms with Crippen LogP contribution in [-0.2, 0) is 11.3 Å². The van der Waals surface area contributed by atoms with Crippen molar-refractivity contribution in [1.29, 1.82) is 0 Å². The Morgan fingerprint density at radius 2 is 2.30 bits per heavy atom. The molecule has 3 heterocycles. The zero-order valence-corrected chi connectivity index (χ0v) is 12.7. The Labute approximate surface area is 124 Å². The van der Waals surface area contributed by atoms with Crippen LogP contribution in [0.25, 0.3) is 11.2 Å². The van der Waals surface area contributed by atoms with Crippen molar-refractivity contribution in [3.8, 4) is 0 Å². The highest BCUT2D eigenvalue weighted by atomic mass is 35.5. The van der Waals surface area contributed by atoms with Crippen LogP contribution in [0.3, 0.4) is 0 Å². The van der Waals surface area contributed by atoms with Crippen LogP contribution < -0.4 is 0 Å². The smallest absolute Gasteiger partial charge is 0.160 e. The minimum Gasteiger partial charge on any atom is -0.381 e. The highest BCUT2D eigenvalue weighted by Gasteiger charge is 2.21. The first-order valence-corrected chi connectivity index (χ1v) is 7.64. The van der Waals surface area contributed by atoms with Gasteiger partial charge in [-0.05, 0) is 38.8 Å². The second kappa shape index (κ2) is 5.70. The molecule has 20 heavy (non-hydrogen) atoms. The normalized spacial score (nSPS) is 21.2. The van der Waals surface area contributed by atoms with E-state index in [9.17, 15) is 0 Å². The Bertz CT molecular complexity index is 602. The number of nitrogens with zero attached hydrogens (tertiary/aromatic N) is 3. The van der Waals surface area contributed by atoms with Crippen LogP contribution in [0.15, 0.2) is 12.1 Å². The summed E-state index contributed by atoms with van der Waals surface area (Å²) in [5.74, 6) is 1.43. The molecule has 0 bridgehead atoms. The van der Waals surface area contributed by atoms with E-state index in [-0.39, 0.29) is 5.38 Å². The van der Waals surface area contributed by atoms with Gasteiger partial charge in [-0.3, -0.25) is 0 Å². The first-order valence-electron chi connectivity index (χ1n) is 7.20. The Hall–Kier alpha value is -1.13. The predicted octanol–water partition coefficient (Wildman–Crippen LogP) is 3.47.